The molecule has 0 aromatic carbocycles. The first-order chi connectivity index (χ1) is 7.16. The molecule has 82 valence electrons. The minimum absolute atomic E-state index is 0.501. The van der Waals surface area contributed by atoms with Gasteiger partial charge in [0.2, 0.25) is 0 Å². The van der Waals surface area contributed by atoms with Gasteiger partial charge in [0.25, 0.3) is 0 Å². The Morgan fingerprint density at radius 1 is 1.60 bits per heavy atom. The van der Waals surface area contributed by atoms with Crippen LogP contribution >= 0.6 is 0 Å². The van der Waals surface area contributed by atoms with Gasteiger partial charge in [-0.15, -0.1) is 0 Å². The monoisotopic (exact) mass is 206 g/mol. The number of hydrogen-bond acceptors (Lipinski definition) is 4. The van der Waals surface area contributed by atoms with Crippen LogP contribution in [0.5, 0.6) is 0 Å². The molecule has 0 bridgehead atoms. The summed E-state index contributed by atoms with van der Waals surface area (Å²) < 4.78 is 0. The first kappa shape index (κ1) is 10.2. The Labute approximate surface area is 90.5 Å². The van der Waals surface area contributed by atoms with Crippen molar-refractivity contribution in [3.63, 3.8) is 0 Å². The van der Waals surface area contributed by atoms with Crippen molar-refractivity contribution in [2.24, 2.45) is 0 Å². The maximum absolute atomic E-state index is 5.97. The number of rotatable bonds is 1. The van der Waals surface area contributed by atoms with E-state index in [1.165, 1.54) is 0 Å². The molecule has 0 saturated carbocycles. The van der Waals surface area contributed by atoms with E-state index in [4.69, 9.17) is 5.73 Å². The Morgan fingerprint density at radius 3 is 3.07 bits per heavy atom. The van der Waals surface area contributed by atoms with E-state index in [0.29, 0.717) is 6.04 Å². The lowest BCUT2D eigenvalue weighted by molar-refractivity contribution is 0.482. The van der Waals surface area contributed by atoms with Gasteiger partial charge in [0.05, 0.1) is 5.69 Å². The Balaban J connectivity index is 2.21. The second kappa shape index (κ2) is 4.06. The lowest BCUT2D eigenvalue weighted by Gasteiger charge is -2.33. The average molecular weight is 206 g/mol. The molecule has 1 aliphatic heterocycles. The molecule has 4 nitrogen and oxygen atoms in total. The molecule has 1 aromatic heterocycles. The number of pyridine rings is 1. The lowest BCUT2D eigenvalue weighted by Crippen LogP contribution is -2.49. The number of piperazine rings is 1. The molecular formula is C11H18N4. The van der Waals surface area contributed by atoms with Crippen molar-refractivity contribution in [3.05, 3.63) is 17.8 Å². The third kappa shape index (κ3) is 2.21. The summed E-state index contributed by atoms with van der Waals surface area (Å²) in [7, 11) is 0. The van der Waals surface area contributed by atoms with Crippen LogP contribution in [0.15, 0.2) is 12.3 Å². The normalized spacial score (nSPS) is 21.7. The molecule has 1 saturated heterocycles. The molecule has 1 atom stereocenters. The fraction of sp³-hybridized carbons (Fsp3) is 0.545. The van der Waals surface area contributed by atoms with E-state index in [9.17, 15) is 0 Å². The lowest BCUT2D eigenvalue weighted by atomic mass is 10.2. The number of nitrogens with one attached hydrogen (secondary N) is 1. The fourth-order valence-electron chi connectivity index (χ4n) is 1.97. The molecular weight excluding hydrogens is 188 g/mol. The summed E-state index contributed by atoms with van der Waals surface area (Å²) in [5.41, 5.74) is 7.87. The van der Waals surface area contributed by atoms with E-state index in [0.717, 1.165) is 36.7 Å². The van der Waals surface area contributed by atoms with Crippen molar-refractivity contribution in [2.75, 3.05) is 30.3 Å². The Bertz CT molecular complexity index is 350. The summed E-state index contributed by atoms with van der Waals surface area (Å²) in [5.74, 6) is 0.925. The van der Waals surface area contributed by atoms with E-state index in [2.05, 4.69) is 22.1 Å². The van der Waals surface area contributed by atoms with Gasteiger partial charge in [0.15, 0.2) is 5.82 Å². The van der Waals surface area contributed by atoms with Crippen LogP contribution in [0.4, 0.5) is 11.5 Å². The van der Waals surface area contributed by atoms with Crippen LogP contribution in [0.25, 0.3) is 0 Å². The molecule has 0 unspecified atom stereocenters. The smallest absolute Gasteiger partial charge is 0.151 e. The molecule has 0 aliphatic carbocycles. The summed E-state index contributed by atoms with van der Waals surface area (Å²) in [6.07, 6.45) is 1.87. The second-order valence-electron chi connectivity index (χ2n) is 4.23. The first-order valence-corrected chi connectivity index (χ1v) is 5.37. The number of anilines is 2. The summed E-state index contributed by atoms with van der Waals surface area (Å²) in [6.45, 7) is 7.13. The van der Waals surface area contributed by atoms with Crippen molar-refractivity contribution in [2.45, 2.75) is 19.9 Å². The molecule has 2 rings (SSSR count). The maximum Gasteiger partial charge on any atom is 0.151 e. The Kier molecular flexibility index (Phi) is 2.77. The van der Waals surface area contributed by atoms with Crippen LogP contribution in [0.3, 0.4) is 0 Å². The molecule has 0 spiro atoms. The minimum Gasteiger partial charge on any atom is -0.396 e. The van der Waals surface area contributed by atoms with E-state index in [1.54, 1.807) is 0 Å². The third-order valence-electron chi connectivity index (χ3n) is 2.70. The van der Waals surface area contributed by atoms with Crippen molar-refractivity contribution in [1.29, 1.82) is 0 Å². The van der Waals surface area contributed by atoms with E-state index >= 15 is 0 Å². The van der Waals surface area contributed by atoms with Gasteiger partial charge in [-0.2, -0.15) is 0 Å². The van der Waals surface area contributed by atoms with Crippen molar-refractivity contribution in [1.82, 2.24) is 10.3 Å². The molecule has 2 heterocycles. The summed E-state index contributed by atoms with van der Waals surface area (Å²) >= 11 is 0. The second-order valence-corrected chi connectivity index (χ2v) is 4.23. The highest BCUT2D eigenvalue weighted by molar-refractivity contribution is 5.63. The molecule has 0 amide bonds. The standard InChI is InChI=1S/C11H18N4/c1-8-5-10(12)11(14-6-8)15-4-3-13-9(2)7-15/h5-6,9,13H,3-4,7,12H2,1-2H3/t9-/m0/s1. The molecule has 3 N–H and O–H groups in total. The van der Waals surface area contributed by atoms with Gasteiger partial charge in [0.1, 0.15) is 0 Å². The Morgan fingerprint density at radius 2 is 2.40 bits per heavy atom. The highest BCUT2D eigenvalue weighted by Gasteiger charge is 2.18. The number of nitrogens with two attached hydrogens (primary N) is 1. The fourth-order valence-corrected chi connectivity index (χ4v) is 1.97. The Hall–Kier alpha value is -1.29. The van der Waals surface area contributed by atoms with Crippen molar-refractivity contribution in [3.8, 4) is 0 Å². The van der Waals surface area contributed by atoms with Gasteiger partial charge < -0.3 is 16.0 Å². The molecule has 15 heavy (non-hydrogen) atoms. The number of aromatic nitrogens is 1. The van der Waals surface area contributed by atoms with Crippen LogP contribution in [0.2, 0.25) is 0 Å². The average Bonchev–Trinajstić information content (AvgIpc) is 2.17. The third-order valence-corrected chi connectivity index (χ3v) is 2.70. The topological polar surface area (TPSA) is 54.2 Å². The van der Waals surface area contributed by atoms with Crippen LogP contribution in [0, 0.1) is 6.92 Å². The largest absolute Gasteiger partial charge is 0.396 e. The number of nitrogen functional groups attached to an aromatic ring is 1. The molecule has 0 radical (unpaired) electrons. The van der Waals surface area contributed by atoms with E-state index in [-0.39, 0.29) is 0 Å². The zero-order valence-electron chi connectivity index (χ0n) is 9.33. The van der Waals surface area contributed by atoms with Gasteiger partial charge >= 0.3 is 0 Å². The molecule has 1 fully saturated rings. The van der Waals surface area contributed by atoms with Gasteiger partial charge in [-0.1, -0.05) is 0 Å². The van der Waals surface area contributed by atoms with Gasteiger partial charge in [-0.3, -0.25) is 0 Å². The van der Waals surface area contributed by atoms with Gasteiger partial charge in [-0.25, -0.2) is 4.98 Å². The summed E-state index contributed by atoms with van der Waals surface area (Å²) in [4.78, 5) is 6.66. The van der Waals surface area contributed by atoms with E-state index in [1.807, 2.05) is 19.2 Å². The van der Waals surface area contributed by atoms with Crippen molar-refractivity contribution >= 4 is 11.5 Å². The van der Waals surface area contributed by atoms with Crippen LogP contribution in [-0.2, 0) is 0 Å². The number of hydrogen-bond donors (Lipinski definition) is 2. The zero-order valence-corrected chi connectivity index (χ0v) is 9.33. The van der Waals surface area contributed by atoms with E-state index < -0.39 is 0 Å². The molecule has 4 heteroatoms. The zero-order chi connectivity index (χ0) is 10.8. The summed E-state index contributed by atoms with van der Waals surface area (Å²) in [6, 6.07) is 2.48. The predicted molar refractivity (Wildman–Crippen MR) is 63.1 cm³/mol. The SMILES string of the molecule is Cc1cnc(N2CCN[C@@H](C)C2)c(N)c1. The number of nitrogens with zero attached hydrogens (tertiary/aromatic N) is 2. The van der Waals surface area contributed by atoms with Crippen LogP contribution in [0.1, 0.15) is 12.5 Å². The van der Waals surface area contributed by atoms with Gasteiger partial charge in [0, 0.05) is 31.9 Å². The number of aryl methyl sites for hydroxylation is 1. The summed E-state index contributed by atoms with van der Waals surface area (Å²) in [5, 5.41) is 3.40. The van der Waals surface area contributed by atoms with Gasteiger partial charge in [-0.05, 0) is 25.5 Å². The van der Waals surface area contributed by atoms with Crippen molar-refractivity contribution < 1.29 is 0 Å². The maximum atomic E-state index is 5.97. The quantitative estimate of drug-likeness (QED) is 0.712. The minimum atomic E-state index is 0.501. The molecule has 1 aromatic rings. The highest BCUT2D eigenvalue weighted by Crippen LogP contribution is 2.21. The predicted octanol–water partition coefficient (Wildman–Crippen LogP) is 0.770. The van der Waals surface area contributed by atoms with Crippen LogP contribution in [-0.4, -0.2) is 30.7 Å². The highest BCUT2D eigenvalue weighted by atomic mass is 15.2. The first-order valence-electron chi connectivity index (χ1n) is 5.37. The molecule has 1 aliphatic rings. The van der Waals surface area contributed by atoms with Crippen LogP contribution < -0.4 is 16.0 Å².